The van der Waals surface area contributed by atoms with Gasteiger partial charge in [-0.25, -0.2) is 4.79 Å². The molecule has 1 fully saturated rings. The maximum absolute atomic E-state index is 12.3. The van der Waals surface area contributed by atoms with Gasteiger partial charge in [-0.2, -0.15) is 0 Å². The molecule has 2 aromatic rings. The second-order valence-electron chi connectivity index (χ2n) is 5.72. The molecule has 2 aromatic heterocycles. The van der Waals surface area contributed by atoms with Crippen LogP contribution in [0.2, 0.25) is 0 Å². The van der Waals surface area contributed by atoms with Gasteiger partial charge in [0.1, 0.15) is 0 Å². The number of rotatable bonds is 4. The fraction of sp³-hybridized carbons (Fsp3) is 0.412. The number of carbonyl (C=O) groups is 1. The summed E-state index contributed by atoms with van der Waals surface area (Å²) in [6.07, 6.45) is 4.54. The van der Waals surface area contributed by atoms with Crippen molar-refractivity contribution >= 4 is 17.4 Å². The van der Waals surface area contributed by atoms with E-state index in [1.165, 1.54) is 4.88 Å². The Hall–Kier alpha value is -1.92. The second-order valence-corrected chi connectivity index (χ2v) is 6.75. The van der Waals surface area contributed by atoms with Gasteiger partial charge in [-0.1, -0.05) is 12.1 Å². The summed E-state index contributed by atoms with van der Waals surface area (Å²) in [6, 6.07) is 8.14. The number of nitrogens with one attached hydrogen (secondary N) is 1. The molecule has 6 heteroatoms. The highest BCUT2D eigenvalue weighted by Gasteiger charge is 2.19. The van der Waals surface area contributed by atoms with Crippen LogP contribution in [0.5, 0.6) is 0 Å². The average Bonchev–Trinajstić information content (AvgIpc) is 2.98. The Morgan fingerprint density at radius 3 is 2.96 bits per heavy atom. The summed E-state index contributed by atoms with van der Waals surface area (Å²) in [5.41, 5.74) is 1.02. The van der Waals surface area contributed by atoms with E-state index in [9.17, 15) is 4.79 Å². The van der Waals surface area contributed by atoms with Crippen molar-refractivity contribution in [1.29, 1.82) is 0 Å². The van der Waals surface area contributed by atoms with Gasteiger partial charge in [0.2, 0.25) is 0 Å². The zero-order valence-electron chi connectivity index (χ0n) is 13.1. The molecule has 0 saturated carbocycles. The predicted molar refractivity (Wildman–Crippen MR) is 92.3 cm³/mol. The smallest absolute Gasteiger partial charge is 0.317 e. The molecule has 3 heterocycles. The molecule has 0 unspecified atom stereocenters. The Labute approximate surface area is 140 Å². The van der Waals surface area contributed by atoms with Crippen molar-refractivity contribution in [3.05, 3.63) is 52.5 Å². The third-order valence-corrected chi connectivity index (χ3v) is 4.86. The van der Waals surface area contributed by atoms with Crippen molar-refractivity contribution in [2.75, 3.05) is 26.2 Å². The van der Waals surface area contributed by atoms with Crippen LogP contribution in [0.4, 0.5) is 4.79 Å². The fourth-order valence-electron chi connectivity index (χ4n) is 2.75. The zero-order valence-corrected chi connectivity index (χ0v) is 14.0. The Balaban J connectivity index is 1.46. The van der Waals surface area contributed by atoms with Crippen LogP contribution in [0, 0.1) is 0 Å². The lowest BCUT2D eigenvalue weighted by molar-refractivity contribution is 0.197. The molecule has 5 nitrogen and oxygen atoms in total. The van der Waals surface area contributed by atoms with Crippen molar-refractivity contribution in [2.45, 2.75) is 19.5 Å². The second kappa shape index (κ2) is 8.08. The molecule has 1 aliphatic rings. The average molecular weight is 330 g/mol. The minimum atomic E-state index is 0.0202. The van der Waals surface area contributed by atoms with Crippen LogP contribution >= 0.6 is 11.3 Å². The molecule has 1 aliphatic heterocycles. The highest BCUT2D eigenvalue weighted by Crippen LogP contribution is 2.13. The summed E-state index contributed by atoms with van der Waals surface area (Å²) in [7, 11) is 0. The summed E-state index contributed by atoms with van der Waals surface area (Å²) < 4.78 is 0. The number of nitrogens with zero attached hydrogens (tertiary/aromatic N) is 3. The van der Waals surface area contributed by atoms with E-state index < -0.39 is 0 Å². The van der Waals surface area contributed by atoms with E-state index in [4.69, 9.17) is 0 Å². The minimum absolute atomic E-state index is 0.0202. The summed E-state index contributed by atoms with van der Waals surface area (Å²) in [6.45, 7) is 5.09. The van der Waals surface area contributed by atoms with Gasteiger partial charge in [0.15, 0.2) is 0 Å². The van der Waals surface area contributed by atoms with Gasteiger partial charge in [0.05, 0.1) is 0 Å². The Morgan fingerprint density at radius 1 is 1.22 bits per heavy atom. The first-order valence-electron chi connectivity index (χ1n) is 7.98. The number of thiophene rings is 1. The Morgan fingerprint density at radius 2 is 2.17 bits per heavy atom. The molecule has 122 valence electrons. The molecule has 23 heavy (non-hydrogen) atoms. The van der Waals surface area contributed by atoms with E-state index in [0.29, 0.717) is 6.54 Å². The molecule has 0 aromatic carbocycles. The number of carbonyl (C=O) groups excluding carboxylic acids is 1. The lowest BCUT2D eigenvalue weighted by Gasteiger charge is -2.22. The van der Waals surface area contributed by atoms with Gasteiger partial charge in [-0.05, 0) is 29.5 Å². The van der Waals surface area contributed by atoms with Crippen LogP contribution in [0.15, 0.2) is 42.0 Å². The van der Waals surface area contributed by atoms with Gasteiger partial charge in [-0.3, -0.25) is 9.88 Å². The fourth-order valence-corrected chi connectivity index (χ4v) is 3.49. The van der Waals surface area contributed by atoms with Gasteiger partial charge < -0.3 is 10.2 Å². The molecule has 0 aliphatic carbocycles. The number of urea groups is 1. The Kier molecular flexibility index (Phi) is 5.60. The minimum Gasteiger partial charge on any atom is -0.334 e. The SMILES string of the molecule is O=C(NCc1cccnc1)N1CCCN(Cc2cccs2)CC1. The van der Waals surface area contributed by atoms with Crippen molar-refractivity contribution in [1.82, 2.24) is 20.1 Å². The molecule has 1 N–H and O–H groups in total. The molecule has 2 amide bonds. The lowest BCUT2D eigenvalue weighted by Crippen LogP contribution is -2.41. The van der Waals surface area contributed by atoms with Crippen molar-refractivity contribution in [3.63, 3.8) is 0 Å². The van der Waals surface area contributed by atoms with Gasteiger partial charge in [0, 0.05) is 56.5 Å². The van der Waals surface area contributed by atoms with Gasteiger partial charge >= 0.3 is 6.03 Å². The first kappa shape index (κ1) is 16.0. The number of aromatic nitrogens is 1. The monoisotopic (exact) mass is 330 g/mol. The summed E-state index contributed by atoms with van der Waals surface area (Å²) >= 11 is 1.80. The van der Waals surface area contributed by atoms with Crippen molar-refractivity contribution in [2.24, 2.45) is 0 Å². The number of amides is 2. The largest absolute Gasteiger partial charge is 0.334 e. The number of hydrogen-bond donors (Lipinski definition) is 1. The predicted octanol–water partition coefficient (Wildman–Crippen LogP) is 2.56. The van der Waals surface area contributed by atoms with E-state index in [0.717, 1.165) is 44.7 Å². The summed E-state index contributed by atoms with van der Waals surface area (Å²) in [5.74, 6) is 0. The molecule has 1 saturated heterocycles. The zero-order chi connectivity index (χ0) is 15.9. The van der Waals surface area contributed by atoms with Crippen LogP contribution < -0.4 is 5.32 Å². The van der Waals surface area contributed by atoms with E-state index >= 15 is 0 Å². The maximum Gasteiger partial charge on any atom is 0.317 e. The Bertz CT molecular complexity index is 602. The third kappa shape index (κ3) is 4.77. The van der Waals surface area contributed by atoms with Crippen LogP contribution in [-0.2, 0) is 13.1 Å². The van der Waals surface area contributed by atoms with Crippen LogP contribution in [0.25, 0.3) is 0 Å². The standard InChI is InChI=1S/C17H22N4OS/c22-17(19-13-15-4-1-6-18-12-15)21-8-3-7-20(9-10-21)14-16-5-2-11-23-16/h1-2,4-6,11-12H,3,7-10,13-14H2,(H,19,22). The molecule has 0 spiro atoms. The molecular weight excluding hydrogens is 308 g/mol. The molecule has 0 radical (unpaired) electrons. The van der Waals surface area contributed by atoms with Gasteiger partial charge in [0.25, 0.3) is 0 Å². The van der Waals surface area contributed by atoms with Gasteiger partial charge in [-0.15, -0.1) is 11.3 Å². The van der Waals surface area contributed by atoms with Crippen LogP contribution in [-0.4, -0.2) is 47.0 Å². The van der Waals surface area contributed by atoms with E-state index in [1.807, 2.05) is 17.0 Å². The van der Waals surface area contributed by atoms with Crippen LogP contribution in [0.1, 0.15) is 16.9 Å². The molecule has 0 bridgehead atoms. The van der Waals surface area contributed by atoms with Crippen molar-refractivity contribution < 1.29 is 4.79 Å². The quantitative estimate of drug-likeness (QED) is 0.937. The normalized spacial score (nSPS) is 16.1. The number of hydrogen-bond acceptors (Lipinski definition) is 4. The van der Waals surface area contributed by atoms with E-state index in [2.05, 4.69) is 32.7 Å². The van der Waals surface area contributed by atoms with Crippen LogP contribution in [0.3, 0.4) is 0 Å². The maximum atomic E-state index is 12.3. The third-order valence-electron chi connectivity index (χ3n) is 4.00. The molecular formula is C17H22N4OS. The van der Waals surface area contributed by atoms with E-state index in [-0.39, 0.29) is 6.03 Å². The summed E-state index contributed by atoms with van der Waals surface area (Å²) in [5, 5.41) is 5.10. The first-order chi connectivity index (χ1) is 11.3. The summed E-state index contributed by atoms with van der Waals surface area (Å²) in [4.78, 5) is 22.1. The highest BCUT2D eigenvalue weighted by atomic mass is 32.1. The van der Waals surface area contributed by atoms with E-state index in [1.54, 1.807) is 23.7 Å². The van der Waals surface area contributed by atoms with Crippen molar-refractivity contribution in [3.8, 4) is 0 Å². The number of pyridine rings is 1. The topological polar surface area (TPSA) is 48.5 Å². The lowest BCUT2D eigenvalue weighted by atomic mass is 10.3. The highest BCUT2D eigenvalue weighted by molar-refractivity contribution is 7.09. The molecule has 3 rings (SSSR count). The molecule has 0 atom stereocenters. The first-order valence-corrected chi connectivity index (χ1v) is 8.85.